The smallest absolute Gasteiger partial charge is 0.251 e. The fourth-order valence-corrected chi connectivity index (χ4v) is 3.09. The van der Waals surface area contributed by atoms with E-state index in [1.54, 1.807) is 0 Å². The predicted molar refractivity (Wildman–Crippen MR) is 77.4 cm³/mol. The molecule has 2 aliphatic rings. The van der Waals surface area contributed by atoms with Crippen LogP contribution in [0.2, 0.25) is 0 Å². The molecule has 0 spiro atoms. The highest BCUT2D eigenvalue weighted by Crippen LogP contribution is 2.26. The van der Waals surface area contributed by atoms with Crippen LogP contribution in [0, 0.1) is 0 Å². The van der Waals surface area contributed by atoms with Gasteiger partial charge < -0.3 is 20.1 Å². The molecular weight excluding hydrogens is 256 g/mol. The number of carbonyl (C=O) groups is 1. The second kappa shape index (κ2) is 7.38. The van der Waals surface area contributed by atoms with E-state index in [0.717, 1.165) is 38.8 Å². The lowest BCUT2D eigenvalue weighted by Gasteiger charge is -2.38. The molecule has 2 rings (SSSR count). The van der Waals surface area contributed by atoms with Crippen molar-refractivity contribution in [3.63, 3.8) is 0 Å². The Kier molecular flexibility index (Phi) is 5.81. The van der Waals surface area contributed by atoms with Gasteiger partial charge in [0.2, 0.25) is 0 Å². The van der Waals surface area contributed by atoms with Crippen molar-refractivity contribution in [3.05, 3.63) is 0 Å². The van der Waals surface area contributed by atoms with Crippen molar-refractivity contribution in [2.75, 3.05) is 32.8 Å². The molecule has 2 heterocycles. The van der Waals surface area contributed by atoms with Crippen LogP contribution in [0.4, 0.5) is 0 Å². The molecule has 5 nitrogen and oxygen atoms in total. The van der Waals surface area contributed by atoms with Crippen LogP contribution in [0.5, 0.6) is 0 Å². The molecule has 2 aliphatic heterocycles. The van der Waals surface area contributed by atoms with Crippen molar-refractivity contribution < 1.29 is 14.3 Å². The number of ether oxygens (including phenoxy) is 2. The molecule has 0 aliphatic carbocycles. The van der Waals surface area contributed by atoms with Gasteiger partial charge in [-0.1, -0.05) is 12.8 Å². The van der Waals surface area contributed by atoms with Crippen LogP contribution >= 0.6 is 0 Å². The minimum Gasteiger partial charge on any atom is -0.381 e. The average Bonchev–Trinajstić information content (AvgIpc) is 2.76. The van der Waals surface area contributed by atoms with E-state index >= 15 is 0 Å². The van der Waals surface area contributed by atoms with Gasteiger partial charge in [-0.2, -0.15) is 0 Å². The molecule has 20 heavy (non-hydrogen) atoms. The molecule has 0 aromatic rings. The van der Waals surface area contributed by atoms with Crippen LogP contribution in [0.15, 0.2) is 0 Å². The SMILES string of the molecule is CC(OC1(CN)CCOCC1)C(=O)N1CCCCCC1. The number of nitrogens with zero attached hydrogens (tertiary/aromatic N) is 1. The molecule has 116 valence electrons. The van der Waals surface area contributed by atoms with E-state index < -0.39 is 6.10 Å². The van der Waals surface area contributed by atoms with Gasteiger partial charge >= 0.3 is 0 Å². The van der Waals surface area contributed by atoms with E-state index in [2.05, 4.69) is 0 Å². The van der Waals surface area contributed by atoms with Crippen LogP contribution in [0.3, 0.4) is 0 Å². The topological polar surface area (TPSA) is 64.8 Å². The standard InChI is InChI=1S/C15H28N2O3/c1-13(14(18)17-8-4-2-3-5-9-17)20-15(12-16)6-10-19-11-7-15/h13H,2-12,16H2,1H3. The van der Waals surface area contributed by atoms with Gasteiger partial charge in [-0.05, 0) is 19.8 Å². The summed E-state index contributed by atoms with van der Waals surface area (Å²) in [6.45, 7) is 5.38. The molecule has 0 aromatic carbocycles. The van der Waals surface area contributed by atoms with Crippen LogP contribution in [-0.4, -0.2) is 55.4 Å². The lowest BCUT2D eigenvalue weighted by molar-refractivity contribution is -0.166. The first-order chi connectivity index (χ1) is 9.67. The lowest BCUT2D eigenvalue weighted by atomic mass is 9.94. The zero-order valence-electron chi connectivity index (χ0n) is 12.6. The molecule has 0 aromatic heterocycles. The minimum absolute atomic E-state index is 0.117. The van der Waals surface area contributed by atoms with Crippen LogP contribution in [0.25, 0.3) is 0 Å². The summed E-state index contributed by atoms with van der Waals surface area (Å²) >= 11 is 0. The zero-order valence-corrected chi connectivity index (χ0v) is 12.6. The third kappa shape index (κ3) is 3.93. The van der Waals surface area contributed by atoms with E-state index in [1.165, 1.54) is 12.8 Å². The Morgan fingerprint density at radius 1 is 1.25 bits per heavy atom. The van der Waals surface area contributed by atoms with Gasteiger partial charge in [-0.3, -0.25) is 4.79 Å². The van der Waals surface area contributed by atoms with Gasteiger partial charge in [-0.15, -0.1) is 0 Å². The van der Waals surface area contributed by atoms with E-state index in [1.807, 2.05) is 11.8 Å². The summed E-state index contributed by atoms with van der Waals surface area (Å²) in [5.41, 5.74) is 5.51. The van der Waals surface area contributed by atoms with Gasteiger partial charge in [0.1, 0.15) is 6.10 Å². The third-order valence-corrected chi connectivity index (χ3v) is 4.47. The number of nitrogens with two attached hydrogens (primary N) is 1. The average molecular weight is 284 g/mol. The minimum atomic E-state index is -0.408. The largest absolute Gasteiger partial charge is 0.381 e. The maximum absolute atomic E-state index is 12.5. The number of hydrogen-bond acceptors (Lipinski definition) is 4. The van der Waals surface area contributed by atoms with Crippen LogP contribution < -0.4 is 5.73 Å². The third-order valence-electron chi connectivity index (χ3n) is 4.47. The summed E-state index contributed by atoms with van der Waals surface area (Å²) in [5.74, 6) is 0.117. The summed E-state index contributed by atoms with van der Waals surface area (Å²) in [5, 5.41) is 0. The summed E-state index contributed by atoms with van der Waals surface area (Å²) in [7, 11) is 0. The van der Waals surface area contributed by atoms with Gasteiger partial charge in [0.25, 0.3) is 5.91 Å². The maximum Gasteiger partial charge on any atom is 0.251 e. The quantitative estimate of drug-likeness (QED) is 0.845. The van der Waals surface area contributed by atoms with Gasteiger partial charge in [-0.25, -0.2) is 0 Å². The van der Waals surface area contributed by atoms with E-state index in [9.17, 15) is 4.79 Å². The molecule has 1 unspecified atom stereocenters. The normalized spacial score (nSPS) is 25.0. The number of carbonyl (C=O) groups excluding carboxylic acids is 1. The zero-order chi connectivity index (χ0) is 14.4. The lowest BCUT2D eigenvalue weighted by Crippen LogP contribution is -2.51. The molecule has 0 bridgehead atoms. The first-order valence-electron chi connectivity index (χ1n) is 7.91. The second-order valence-electron chi connectivity index (χ2n) is 6.00. The molecule has 1 atom stereocenters. The van der Waals surface area contributed by atoms with E-state index in [4.69, 9.17) is 15.2 Å². The van der Waals surface area contributed by atoms with E-state index in [0.29, 0.717) is 19.8 Å². The molecule has 0 radical (unpaired) electrons. The Bertz CT molecular complexity index is 308. The number of hydrogen-bond donors (Lipinski definition) is 1. The monoisotopic (exact) mass is 284 g/mol. The molecular formula is C15H28N2O3. The number of amides is 1. The number of likely N-dealkylation sites (tertiary alicyclic amines) is 1. The molecule has 2 fully saturated rings. The summed E-state index contributed by atoms with van der Waals surface area (Å²) < 4.78 is 11.5. The van der Waals surface area contributed by atoms with Crippen molar-refractivity contribution in [1.82, 2.24) is 4.90 Å². The Labute approximate surface area is 121 Å². The molecule has 0 saturated carbocycles. The number of rotatable bonds is 4. The fourth-order valence-electron chi connectivity index (χ4n) is 3.09. The summed E-state index contributed by atoms with van der Waals surface area (Å²) in [6.07, 6.45) is 5.81. The van der Waals surface area contributed by atoms with Crippen molar-refractivity contribution in [1.29, 1.82) is 0 Å². The van der Waals surface area contributed by atoms with Crippen molar-refractivity contribution in [3.8, 4) is 0 Å². The van der Waals surface area contributed by atoms with E-state index in [-0.39, 0.29) is 11.5 Å². The maximum atomic E-state index is 12.5. The second-order valence-corrected chi connectivity index (χ2v) is 6.00. The Hall–Kier alpha value is -0.650. The Balaban J connectivity index is 1.91. The predicted octanol–water partition coefficient (Wildman–Crippen LogP) is 1.30. The summed E-state index contributed by atoms with van der Waals surface area (Å²) in [6, 6.07) is 0. The Morgan fingerprint density at radius 2 is 1.85 bits per heavy atom. The molecule has 5 heteroatoms. The van der Waals surface area contributed by atoms with Gasteiger partial charge in [0, 0.05) is 45.7 Å². The first kappa shape index (κ1) is 15.7. The van der Waals surface area contributed by atoms with Gasteiger partial charge in [0.15, 0.2) is 0 Å². The highest BCUT2D eigenvalue weighted by molar-refractivity contribution is 5.80. The van der Waals surface area contributed by atoms with Crippen molar-refractivity contribution in [2.45, 2.75) is 57.2 Å². The first-order valence-corrected chi connectivity index (χ1v) is 7.91. The molecule has 2 saturated heterocycles. The molecule has 2 N–H and O–H groups in total. The fraction of sp³-hybridized carbons (Fsp3) is 0.933. The van der Waals surface area contributed by atoms with Gasteiger partial charge in [0.05, 0.1) is 5.60 Å². The highest BCUT2D eigenvalue weighted by atomic mass is 16.5. The highest BCUT2D eigenvalue weighted by Gasteiger charge is 2.36. The molecule has 1 amide bonds. The van der Waals surface area contributed by atoms with Crippen LogP contribution in [-0.2, 0) is 14.3 Å². The van der Waals surface area contributed by atoms with Crippen LogP contribution in [0.1, 0.15) is 45.4 Å². The van der Waals surface area contributed by atoms with Crippen molar-refractivity contribution >= 4 is 5.91 Å². The summed E-state index contributed by atoms with van der Waals surface area (Å²) in [4.78, 5) is 14.5. The Morgan fingerprint density at radius 3 is 2.40 bits per heavy atom. The van der Waals surface area contributed by atoms with Crippen molar-refractivity contribution in [2.24, 2.45) is 5.73 Å².